The van der Waals surface area contributed by atoms with Gasteiger partial charge in [-0.2, -0.15) is 0 Å². The van der Waals surface area contributed by atoms with E-state index in [1.165, 1.54) is 7.11 Å². The molecular weight excluding hydrogens is 760 g/mol. The Morgan fingerprint density at radius 3 is 2.19 bits per heavy atom. The first-order chi connectivity index (χ1) is 24.7. The molecule has 1 saturated heterocycles. The van der Waals surface area contributed by atoms with Crippen LogP contribution in [0.15, 0.2) is 64.8 Å². The Hall–Kier alpha value is -2.58. The molecule has 9 atom stereocenters. The maximum Gasteiger partial charge on any atom is 0.338 e. The number of Topliss-reactive ketones (excluding diaryl/α,β-unsaturated/α-hetero) is 1. The van der Waals surface area contributed by atoms with Crippen LogP contribution < -0.4 is 4.74 Å². The molecule has 290 valence electrons. The lowest BCUT2D eigenvalue weighted by molar-refractivity contribution is -0.274. The maximum atomic E-state index is 16.0. The van der Waals surface area contributed by atoms with Crippen molar-refractivity contribution < 1.29 is 47.9 Å². The van der Waals surface area contributed by atoms with E-state index in [9.17, 15) is 15.0 Å². The highest BCUT2D eigenvalue weighted by atomic mass is 79.9. The highest BCUT2D eigenvalue weighted by molar-refractivity contribution is 9.11. The SMILES string of the molecule is COC1=C(Br)[C@@H]2[C@@H](OCc3ccc(OC)cc3)C(=O)[C@]3(C)[C@@H](O[Si](C)(C)C(C)(C)C)CC[C@@]4(CO4)[C@H]3[C@H](OC(=O)c3ccccc3)[C@](O)([C@@H]1O)C2(C)C. The van der Waals surface area contributed by atoms with Crippen LogP contribution >= 0.6 is 15.9 Å². The van der Waals surface area contributed by atoms with Crippen LogP contribution in [-0.2, 0) is 34.8 Å². The first-order valence-electron chi connectivity index (χ1n) is 18.4. The van der Waals surface area contributed by atoms with Crippen molar-refractivity contribution in [2.75, 3.05) is 20.8 Å². The Morgan fingerprint density at radius 2 is 1.64 bits per heavy atom. The average Bonchev–Trinajstić information content (AvgIpc) is 3.88. The zero-order valence-corrected chi connectivity index (χ0v) is 35.1. The minimum Gasteiger partial charge on any atom is -0.497 e. The number of aliphatic hydroxyl groups excluding tert-OH is 1. The number of methoxy groups -OCH3 is 2. The van der Waals surface area contributed by atoms with Crippen LogP contribution in [0.1, 0.15) is 70.3 Å². The van der Waals surface area contributed by atoms with Crippen molar-refractivity contribution in [3.8, 4) is 5.75 Å². The van der Waals surface area contributed by atoms with Gasteiger partial charge in [0.25, 0.3) is 0 Å². The number of fused-ring (bicyclic) bond motifs is 4. The second-order valence-electron chi connectivity index (χ2n) is 17.5. The molecular formula is C41H55BrO10Si. The lowest BCUT2D eigenvalue weighted by Crippen LogP contribution is -2.77. The molecule has 0 amide bonds. The molecule has 3 fully saturated rings. The molecule has 10 nitrogen and oxygen atoms in total. The molecule has 2 saturated carbocycles. The average molecular weight is 816 g/mol. The number of ketones is 1. The van der Waals surface area contributed by atoms with Gasteiger partial charge < -0.3 is 38.3 Å². The molecule has 3 aliphatic carbocycles. The largest absolute Gasteiger partial charge is 0.497 e. The van der Waals surface area contributed by atoms with Gasteiger partial charge in [-0.15, -0.1) is 0 Å². The molecule has 6 rings (SSSR count). The number of carbonyl (C=O) groups is 2. The molecule has 2 N–H and O–H groups in total. The van der Waals surface area contributed by atoms with Crippen molar-refractivity contribution in [3.05, 3.63) is 76.0 Å². The van der Waals surface area contributed by atoms with Crippen molar-refractivity contribution in [2.24, 2.45) is 22.7 Å². The summed E-state index contributed by atoms with van der Waals surface area (Å²) in [5.41, 5.74) is -4.85. The maximum absolute atomic E-state index is 16.0. The topological polar surface area (TPSA) is 133 Å². The van der Waals surface area contributed by atoms with Crippen LogP contribution in [0, 0.1) is 22.7 Å². The van der Waals surface area contributed by atoms with E-state index in [0.29, 0.717) is 23.1 Å². The third-order valence-corrected chi connectivity index (χ3v) is 18.7. The number of aliphatic hydroxyl groups is 2. The van der Waals surface area contributed by atoms with Crippen LogP contribution in [0.3, 0.4) is 0 Å². The van der Waals surface area contributed by atoms with Crippen LogP contribution in [-0.4, -0.2) is 86.7 Å². The summed E-state index contributed by atoms with van der Waals surface area (Å²) in [6.45, 7) is 16.6. The van der Waals surface area contributed by atoms with E-state index < -0.39 is 72.6 Å². The van der Waals surface area contributed by atoms with Gasteiger partial charge in [0, 0.05) is 21.7 Å². The second kappa shape index (κ2) is 13.9. The highest BCUT2D eigenvalue weighted by Crippen LogP contribution is 2.67. The van der Waals surface area contributed by atoms with E-state index in [2.05, 4.69) is 49.8 Å². The highest BCUT2D eigenvalue weighted by Gasteiger charge is 2.78. The molecule has 2 aromatic carbocycles. The predicted molar refractivity (Wildman–Crippen MR) is 205 cm³/mol. The Kier molecular flexibility index (Phi) is 10.5. The van der Waals surface area contributed by atoms with Gasteiger partial charge in [0.15, 0.2) is 14.1 Å². The minimum atomic E-state index is -2.53. The first kappa shape index (κ1) is 40.1. The number of carbonyl (C=O) groups excluding carboxylic acids is 2. The Balaban J connectivity index is 1.61. The molecule has 0 radical (unpaired) electrons. The quantitative estimate of drug-likeness (QED) is 0.156. The molecule has 2 aromatic rings. The Bertz CT molecular complexity index is 1730. The molecule has 4 aliphatic rings. The standard InChI is InChI=1S/C41H55BrO10Si/c1-37(2,3)53(9,10)52-27-20-21-40(23-50-40)32-35(51-36(45)25-14-12-11-13-15-25)41(46)34(44)31(48-8)29(42)28(38(41,4)5)30(33(43)39(27,32)6)49-22-24-16-18-26(47-7)19-17-24/h11-19,27-28,30,32,34-35,44,46H,20-23H2,1-10H3/t27-,28+,30+,32-,34+,35-,39+,40+,41+/m0/s1. The lowest BCUT2D eigenvalue weighted by Gasteiger charge is -2.64. The number of ether oxygens (including phenoxy) is 5. The molecule has 1 aliphatic heterocycles. The van der Waals surface area contributed by atoms with Gasteiger partial charge in [-0.25, -0.2) is 4.79 Å². The molecule has 0 unspecified atom stereocenters. The van der Waals surface area contributed by atoms with Gasteiger partial charge >= 0.3 is 5.97 Å². The number of rotatable bonds is 9. The summed E-state index contributed by atoms with van der Waals surface area (Å²) in [5, 5.41) is 25.8. The van der Waals surface area contributed by atoms with Crippen LogP contribution in [0.25, 0.3) is 0 Å². The fourth-order valence-electron chi connectivity index (χ4n) is 8.96. The van der Waals surface area contributed by atoms with Crippen molar-refractivity contribution in [2.45, 2.75) is 115 Å². The number of epoxide rings is 1. The Morgan fingerprint density at radius 1 is 1.02 bits per heavy atom. The Labute approximate surface area is 322 Å². The zero-order valence-electron chi connectivity index (χ0n) is 32.5. The summed E-state index contributed by atoms with van der Waals surface area (Å²) in [4.78, 5) is 30.2. The van der Waals surface area contributed by atoms with Gasteiger partial charge in [-0.05, 0) is 67.7 Å². The number of benzene rings is 2. The molecule has 12 heteroatoms. The van der Waals surface area contributed by atoms with Gasteiger partial charge in [-0.1, -0.05) is 80.9 Å². The van der Waals surface area contributed by atoms with E-state index >= 15 is 4.79 Å². The van der Waals surface area contributed by atoms with Crippen molar-refractivity contribution in [1.82, 2.24) is 0 Å². The van der Waals surface area contributed by atoms with Crippen LogP contribution in [0.2, 0.25) is 18.1 Å². The first-order valence-corrected chi connectivity index (χ1v) is 22.1. The molecule has 1 heterocycles. The van der Waals surface area contributed by atoms with Crippen molar-refractivity contribution >= 4 is 36.0 Å². The molecule has 53 heavy (non-hydrogen) atoms. The van der Waals surface area contributed by atoms with Crippen molar-refractivity contribution in [1.29, 1.82) is 0 Å². The summed E-state index contributed by atoms with van der Waals surface area (Å²) >= 11 is 3.73. The van der Waals surface area contributed by atoms with E-state index in [4.69, 9.17) is 28.1 Å². The van der Waals surface area contributed by atoms with Crippen molar-refractivity contribution in [3.63, 3.8) is 0 Å². The van der Waals surface area contributed by atoms with E-state index in [1.54, 1.807) is 51.3 Å². The fraction of sp³-hybridized carbons (Fsp3) is 0.610. The summed E-state index contributed by atoms with van der Waals surface area (Å²) in [6.07, 6.45) is -3.91. The molecule has 0 aromatic heterocycles. The second-order valence-corrected chi connectivity index (χ2v) is 23.1. The number of halogens is 1. The van der Waals surface area contributed by atoms with Gasteiger partial charge in [-0.3, -0.25) is 4.79 Å². The number of hydrogen-bond donors (Lipinski definition) is 2. The molecule has 2 bridgehead atoms. The lowest BCUT2D eigenvalue weighted by atomic mass is 9.45. The smallest absolute Gasteiger partial charge is 0.338 e. The third kappa shape index (κ3) is 6.34. The zero-order chi connectivity index (χ0) is 38.9. The monoisotopic (exact) mass is 814 g/mol. The van der Waals surface area contributed by atoms with E-state index in [0.717, 1.165) is 5.56 Å². The number of hydrogen-bond acceptors (Lipinski definition) is 10. The summed E-state index contributed by atoms with van der Waals surface area (Å²) < 4.78 is 38.5. The number of esters is 1. The summed E-state index contributed by atoms with van der Waals surface area (Å²) in [6, 6.07) is 16.0. The predicted octanol–water partition coefficient (Wildman–Crippen LogP) is 6.97. The van der Waals surface area contributed by atoms with E-state index in [1.807, 2.05) is 31.2 Å². The van der Waals surface area contributed by atoms with Gasteiger partial charge in [0.05, 0.1) is 50.1 Å². The van der Waals surface area contributed by atoms with E-state index in [-0.39, 0.29) is 35.4 Å². The van der Waals surface area contributed by atoms with Gasteiger partial charge in [0.1, 0.15) is 35.4 Å². The third-order valence-electron chi connectivity index (χ3n) is 13.3. The normalized spacial score (nSPS) is 35.2. The van der Waals surface area contributed by atoms with Crippen LogP contribution in [0.4, 0.5) is 0 Å². The summed E-state index contributed by atoms with van der Waals surface area (Å²) in [5.74, 6) is -2.06. The van der Waals surface area contributed by atoms with Crippen LogP contribution in [0.5, 0.6) is 5.75 Å². The minimum absolute atomic E-state index is 0.0303. The van der Waals surface area contributed by atoms with Gasteiger partial charge in [0.2, 0.25) is 0 Å². The fourth-order valence-corrected chi connectivity index (χ4v) is 11.6. The summed E-state index contributed by atoms with van der Waals surface area (Å²) in [7, 11) is 0.469. The molecule has 1 spiro atoms.